The predicted octanol–water partition coefficient (Wildman–Crippen LogP) is 5.22. The second-order valence-corrected chi connectivity index (χ2v) is 8.06. The maximum absolute atomic E-state index is 13.7. The van der Waals surface area contributed by atoms with Crippen LogP contribution in [0, 0.1) is 24.1 Å². The number of rotatable bonds is 8. The highest BCUT2D eigenvalue weighted by atomic mass is 19.1. The highest BCUT2D eigenvalue weighted by Gasteiger charge is 2.17. The number of hydrogen-bond donors (Lipinski definition) is 0. The molecule has 0 saturated heterocycles. The average molecular weight is 455 g/mol. The number of carbonyl (C=O) groups is 1. The predicted molar refractivity (Wildman–Crippen MR) is 125 cm³/mol. The molecule has 0 aliphatic rings. The summed E-state index contributed by atoms with van der Waals surface area (Å²) in [6.07, 6.45) is 0.464. The Labute approximate surface area is 197 Å². The van der Waals surface area contributed by atoms with Crippen LogP contribution in [0.3, 0.4) is 0 Å². The number of hydrogen-bond acceptors (Lipinski definition) is 5. The highest BCUT2D eigenvalue weighted by Crippen LogP contribution is 2.20. The van der Waals surface area contributed by atoms with Crippen LogP contribution in [-0.2, 0) is 24.3 Å². The van der Waals surface area contributed by atoms with E-state index in [0.29, 0.717) is 35.9 Å². The summed E-state index contributed by atoms with van der Waals surface area (Å²) >= 11 is 0. The van der Waals surface area contributed by atoms with Gasteiger partial charge in [0.2, 0.25) is 17.7 Å². The Balaban J connectivity index is 1.46. The summed E-state index contributed by atoms with van der Waals surface area (Å²) in [5, 5.41) is 17.2. The van der Waals surface area contributed by atoms with E-state index in [0.717, 1.165) is 16.7 Å². The quantitative estimate of drug-likeness (QED) is 0.365. The molecule has 170 valence electrons. The van der Waals surface area contributed by atoms with Gasteiger partial charge in [0.15, 0.2) is 0 Å². The standard InChI is InChI=1S/C27H23FN4O2/c1-19-5-11-23(12-6-19)27-31-30-25(34-27)13-14-26(33)32(18-22-3-2-4-24(28)15-22)17-21-9-7-20(16-29)8-10-21/h2-12,15H,13-14,17-18H2,1H3. The van der Waals surface area contributed by atoms with Gasteiger partial charge in [0.1, 0.15) is 5.82 Å². The van der Waals surface area contributed by atoms with Crippen molar-refractivity contribution in [3.05, 3.63) is 107 Å². The third kappa shape index (κ3) is 5.93. The fourth-order valence-corrected chi connectivity index (χ4v) is 3.53. The molecule has 1 heterocycles. The van der Waals surface area contributed by atoms with Crippen molar-refractivity contribution in [1.29, 1.82) is 5.26 Å². The number of carbonyl (C=O) groups excluding carboxylic acids is 1. The van der Waals surface area contributed by atoms with Crippen molar-refractivity contribution in [2.45, 2.75) is 32.9 Å². The van der Waals surface area contributed by atoms with Gasteiger partial charge in [-0.2, -0.15) is 5.26 Å². The number of nitrogens with zero attached hydrogens (tertiary/aromatic N) is 4. The smallest absolute Gasteiger partial charge is 0.247 e. The molecular weight excluding hydrogens is 431 g/mol. The molecule has 34 heavy (non-hydrogen) atoms. The Morgan fingerprint density at radius 3 is 2.44 bits per heavy atom. The number of nitriles is 1. The van der Waals surface area contributed by atoms with Crippen molar-refractivity contribution >= 4 is 5.91 Å². The zero-order valence-corrected chi connectivity index (χ0v) is 18.7. The van der Waals surface area contributed by atoms with Crippen LogP contribution in [0.4, 0.5) is 4.39 Å². The van der Waals surface area contributed by atoms with E-state index >= 15 is 0 Å². The summed E-state index contributed by atoms with van der Waals surface area (Å²) in [6, 6.07) is 23.1. The molecule has 7 heteroatoms. The first-order valence-electron chi connectivity index (χ1n) is 10.9. The molecule has 0 N–H and O–H groups in total. The van der Waals surface area contributed by atoms with Gasteiger partial charge in [-0.25, -0.2) is 4.39 Å². The Bertz CT molecular complexity index is 1310. The zero-order valence-electron chi connectivity index (χ0n) is 18.7. The largest absolute Gasteiger partial charge is 0.421 e. The van der Waals surface area contributed by atoms with E-state index in [2.05, 4.69) is 16.3 Å². The molecule has 0 aliphatic heterocycles. The first kappa shape index (κ1) is 22.9. The van der Waals surface area contributed by atoms with Crippen LogP contribution >= 0.6 is 0 Å². The number of halogens is 1. The van der Waals surface area contributed by atoms with Crippen LogP contribution in [0.5, 0.6) is 0 Å². The minimum Gasteiger partial charge on any atom is -0.421 e. The van der Waals surface area contributed by atoms with Gasteiger partial charge in [0.25, 0.3) is 0 Å². The lowest BCUT2D eigenvalue weighted by Gasteiger charge is -2.23. The minimum atomic E-state index is -0.349. The first-order valence-corrected chi connectivity index (χ1v) is 10.9. The van der Waals surface area contributed by atoms with Crippen molar-refractivity contribution in [2.24, 2.45) is 0 Å². The molecule has 0 saturated carbocycles. The second kappa shape index (κ2) is 10.5. The van der Waals surface area contributed by atoms with Crippen molar-refractivity contribution in [2.75, 3.05) is 0 Å². The van der Waals surface area contributed by atoms with Crippen LogP contribution in [0.25, 0.3) is 11.5 Å². The summed E-state index contributed by atoms with van der Waals surface area (Å²) in [4.78, 5) is 14.8. The molecule has 6 nitrogen and oxygen atoms in total. The molecule has 3 aromatic carbocycles. The molecule has 0 atom stereocenters. The monoisotopic (exact) mass is 454 g/mol. The van der Waals surface area contributed by atoms with E-state index in [9.17, 15) is 9.18 Å². The maximum atomic E-state index is 13.7. The number of aryl methyl sites for hydroxylation is 2. The van der Waals surface area contributed by atoms with Crippen LogP contribution in [0.2, 0.25) is 0 Å². The fraction of sp³-hybridized carbons (Fsp3) is 0.185. The Hall–Kier alpha value is -4.31. The lowest BCUT2D eigenvalue weighted by Crippen LogP contribution is -2.30. The fourth-order valence-electron chi connectivity index (χ4n) is 3.53. The molecule has 1 amide bonds. The van der Waals surface area contributed by atoms with E-state index in [4.69, 9.17) is 9.68 Å². The van der Waals surface area contributed by atoms with Gasteiger partial charge in [-0.05, 0) is 54.4 Å². The summed E-state index contributed by atoms with van der Waals surface area (Å²) in [7, 11) is 0. The SMILES string of the molecule is Cc1ccc(-c2nnc(CCC(=O)N(Cc3ccc(C#N)cc3)Cc3cccc(F)c3)o2)cc1. The molecule has 4 aromatic rings. The van der Waals surface area contributed by atoms with Gasteiger partial charge in [0.05, 0.1) is 11.6 Å². The van der Waals surface area contributed by atoms with Crippen LogP contribution < -0.4 is 0 Å². The van der Waals surface area contributed by atoms with E-state index < -0.39 is 0 Å². The lowest BCUT2D eigenvalue weighted by molar-refractivity contribution is -0.132. The van der Waals surface area contributed by atoms with Crippen molar-refractivity contribution in [3.8, 4) is 17.5 Å². The van der Waals surface area contributed by atoms with Crippen molar-refractivity contribution < 1.29 is 13.6 Å². The normalized spacial score (nSPS) is 10.6. The third-order valence-electron chi connectivity index (χ3n) is 5.39. The van der Waals surface area contributed by atoms with E-state index in [1.165, 1.54) is 12.1 Å². The number of amides is 1. The van der Waals surface area contributed by atoms with Crippen LogP contribution in [-0.4, -0.2) is 21.0 Å². The van der Waals surface area contributed by atoms with Crippen molar-refractivity contribution in [1.82, 2.24) is 15.1 Å². The van der Waals surface area contributed by atoms with Crippen LogP contribution in [0.1, 0.15) is 34.6 Å². The number of aromatic nitrogens is 2. The molecule has 0 fully saturated rings. The molecular formula is C27H23FN4O2. The summed E-state index contributed by atoms with van der Waals surface area (Å²) in [5.74, 6) is 0.325. The lowest BCUT2D eigenvalue weighted by atomic mass is 10.1. The van der Waals surface area contributed by atoms with E-state index in [1.54, 1.807) is 29.2 Å². The highest BCUT2D eigenvalue weighted by molar-refractivity contribution is 5.76. The average Bonchev–Trinajstić information content (AvgIpc) is 3.32. The van der Waals surface area contributed by atoms with Gasteiger partial charge in [0, 0.05) is 31.5 Å². The van der Waals surface area contributed by atoms with Gasteiger partial charge < -0.3 is 9.32 Å². The summed E-state index contributed by atoms with van der Waals surface area (Å²) in [5.41, 5.74) is 4.08. The van der Waals surface area contributed by atoms with Gasteiger partial charge in [-0.3, -0.25) is 4.79 Å². The molecule has 0 radical (unpaired) electrons. The van der Waals surface area contributed by atoms with Gasteiger partial charge >= 0.3 is 0 Å². The summed E-state index contributed by atoms with van der Waals surface area (Å²) in [6.45, 7) is 2.59. The molecule has 1 aromatic heterocycles. The third-order valence-corrected chi connectivity index (χ3v) is 5.39. The molecule has 0 unspecified atom stereocenters. The topological polar surface area (TPSA) is 83.0 Å². The van der Waals surface area contributed by atoms with Crippen molar-refractivity contribution in [3.63, 3.8) is 0 Å². The Morgan fingerprint density at radius 1 is 1.00 bits per heavy atom. The van der Waals surface area contributed by atoms with Gasteiger partial charge in [-0.15, -0.1) is 10.2 Å². The molecule has 0 aliphatic carbocycles. The summed E-state index contributed by atoms with van der Waals surface area (Å²) < 4.78 is 19.4. The van der Waals surface area contributed by atoms with E-state index in [-0.39, 0.29) is 24.7 Å². The Morgan fingerprint density at radius 2 is 1.74 bits per heavy atom. The second-order valence-electron chi connectivity index (χ2n) is 8.06. The zero-order chi connectivity index (χ0) is 23.9. The first-order chi connectivity index (χ1) is 16.5. The molecule has 0 bridgehead atoms. The molecule has 4 rings (SSSR count). The van der Waals surface area contributed by atoms with Crippen LogP contribution in [0.15, 0.2) is 77.2 Å². The number of benzene rings is 3. The Kier molecular flexibility index (Phi) is 7.09. The molecule has 0 spiro atoms. The van der Waals surface area contributed by atoms with Gasteiger partial charge in [-0.1, -0.05) is 42.0 Å². The van der Waals surface area contributed by atoms with E-state index in [1.807, 2.05) is 43.3 Å². The minimum absolute atomic E-state index is 0.122. The maximum Gasteiger partial charge on any atom is 0.247 e.